The van der Waals surface area contributed by atoms with E-state index in [0.717, 1.165) is 22.3 Å². The van der Waals surface area contributed by atoms with E-state index in [0.29, 0.717) is 19.4 Å². The van der Waals surface area contributed by atoms with Crippen LogP contribution < -0.4 is 5.32 Å². The smallest absolute Gasteiger partial charge is 0.407 e. The average Bonchev–Trinajstić information content (AvgIpc) is 3.35. The molecule has 1 atom stereocenters. The van der Waals surface area contributed by atoms with E-state index in [1.54, 1.807) is 13.8 Å². The monoisotopic (exact) mass is 436 g/mol. The molecule has 2 aromatic rings. The minimum atomic E-state index is -0.988. The Labute approximate surface area is 187 Å². The molecular weight excluding hydrogens is 408 g/mol. The summed E-state index contributed by atoms with van der Waals surface area (Å²) in [6.07, 6.45) is 0.534. The van der Waals surface area contributed by atoms with Crippen LogP contribution in [0.3, 0.4) is 0 Å². The van der Waals surface area contributed by atoms with E-state index in [1.165, 1.54) is 4.90 Å². The van der Waals surface area contributed by atoms with Crippen LogP contribution in [0.5, 0.6) is 0 Å². The van der Waals surface area contributed by atoms with Crippen molar-refractivity contribution < 1.29 is 24.2 Å². The number of fused-ring (bicyclic) bond motifs is 3. The van der Waals surface area contributed by atoms with Gasteiger partial charge in [0.1, 0.15) is 12.6 Å². The highest BCUT2D eigenvalue weighted by Gasteiger charge is 2.37. The Balaban J connectivity index is 1.37. The molecule has 2 aliphatic rings. The fourth-order valence-electron chi connectivity index (χ4n) is 4.76. The van der Waals surface area contributed by atoms with Crippen molar-refractivity contribution >= 4 is 18.0 Å². The lowest BCUT2D eigenvalue weighted by Gasteiger charge is -2.29. The predicted octanol–water partition coefficient (Wildman–Crippen LogP) is 3.77. The number of aliphatic carboxylic acids is 1. The van der Waals surface area contributed by atoms with Gasteiger partial charge >= 0.3 is 12.1 Å². The third kappa shape index (κ3) is 4.33. The highest BCUT2D eigenvalue weighted by molar-refractivity contribution is 5.85. The number of ether oxygens (including phenoxy) is 1. The number of hydrogen-bond acceptors (Lipinski definition) is 4. The van der Waals surface area contributed by atoms with Gasteiger partial charge in [0, 0.05) is 24.4 Å². The van der Waals surface area contributed by atoms with Gasteiger partial charge in [-0.05, 0) is 48.9 Å². The van der Waals surface area contributed by atoms with Crippen LogP contribution in [0.1, 0.15) is 50.2 Å². The topological polar surface area (TPSA) is 95.9 Å². The number of carboxylic acids is 1. The van der Waals surface area contributed by atoms with Crippen molar-refractivity contribution in [2.75, 3.05) is 13.2 Å². The SMILES string of the molecule is CC(C)(CC(=O)N1CCCC1C(=O)O)NC(=O)OCC1c2ccccc2-c2ccccc21. The zero-order valence-corrected chi connectivity index (χ0v) is 18.3. The summed E-state index contributed by atoms with van der Waals surface area (Å²) in [5.74, 6) is -1.31. The van der Waals surface area contributed by atoms with Gasteiger partial charge in [-0.25, -0.2) is 9.59 Å². The molecule has 1 aliphatic carbocycles. The van der Waals surface area contributed by atoms with E-state index in [4.69, 9.17) is 4.74 Å². The average molecular weight is 437 g/mol. The highest BCUT2D eigenvalue weighted by Crippen LogP contribution is 2.44. The van der Waals surface area contributed by atoms with Crippen LogP contribution in [0, 0.1) is 0 Å². The number of carbonyl (C=O) groups is 3. The number of hydrogen-bond donors (Lipinski definition) is 2. The Morgan fingerprint density at radius 1 is 1.06 bits per heavy atom. The maximum Gasteiger partial charge on any atom is 0.407 e. The van der Waals surface area contributed by atoms with Gasteiger partial charge in [0.15, 0.2) is 0 Å². The summed E-state index contributed by atoms with van der Waals surface area (Å²) in [5.41, 5.74) is 3.70. The van der Waals surface area contributed by atoms with Crippen molar-refractivity contribution in [2.24, 2.45) is 0 Å². The van der Waals surface area contributed by atoms with Gasteiger partial charge < -0.3 is 20.1 Å². The predicted molar refractivity (Wildman–Crippen MR) is 119 cm³/mol. The number of carbonyl (C=O) groups excluding carboxylic acids is 2. The fraction of sp³-hybridized carbons (Fsp3) is 0.400. The summed E-state index contributed by atoms with van der Waals surface area (Å²) >= 11 is 0. The number of benzene rings is 2. The Bertz CT molecular complexity index is 1000. The van der Waals surface area contributed by atoms with Crippen LogP contribution in [0.2, 0.25) is 0 Å². The van der Waals surface area contributed by atoms with Crippen LogP contribution in [-0.2, 0) is 14.3 Å². The van der Waals surface area contributed by atoms with Crippen molar-refractivity contribution in [3.8, 4) is 11.1 Å². The first kappa shape index (κ1) is 21.9. The number of nitrogens with zero attached hydrogens (tertiary/aromatic N) is 1. The van der Waals surface area contributed by atoms with Gasteiger partial charge in [0.05, 0.1) is 0 Å². The summed E-state index contributed by atoms with van der Waals surface area (Å²) in [5, 5.41) is 12.1. The Morgan fingerprint density at radius 2 is 1.66 bits per heavy atom. The molecule has 7 nitrogen and oxygen atoms in total. The number of rotatable bonds is 6. The number of carboxylic acid groups (broad SMARTS) is 1. The molecule has 2 amide bonds. The molecule has 1 fully saturated rings. The fourth-order valence-corrected chi connectivity index (χ4v) is 4.76. The third-order valence-corrected chi connectivity index (χ3v) is 6.24. The molecule has 168 valence electrons. The summed E-state index contributed by atoms with van der Waals surface area (Å²) in [6, 6.07) is 15.4. The minimum absolute atomic E-state index is 0.000968. The molecule has 32 heavy (non-hydrogen) atoms. The third-order valence-electron chi connectivity index (χ3n) is 6.24. The molecule has 0 saturated carbocycles. The van der Waals surface area contributed by atoms with Crippen LogP contribution >= 0.6 is 0 Å². The lowest BCUT2D eigenvalue weighted by molar-refractivity contribution is -0.148. The first-order valence-electron chi connectivity index (χ1n) is 10.9. The van der Waals surface area contributed by atoms with Crippen molar-refractivity contribution in [1.82, 2.24) is 10.2 Å². The zero-order chi connectivity index (χ0) is 22.9. The second-order valence-electron chi connectivity index (χ2n) is 9.09. The number of likely N-dealkylation sites (tertiary alicyclic amines) is 1. The summed E-state index contributed by atoms with van der Waals surface area (Å²) in [7, 11) is 0. The van der Waals surface area contributed by atoms with Crippen molar-refractivity contribution in [3.05, 3.63) is 59.7 Å². The summed E-state index contributed by atoms with van der Waals surface area (Å²) < 4.78 is 5.57. The molecule has 0 bridgehead atoms. The second-order valence-corrected chi connectivity index (χ2v) is 9.09. The van der Waals surface area contributed by atoms with Gasteiger partial charge in [-0.15, -0.1) is 0 Å². The standard InChI is InChI=1S/C25H28N2O5/c1-25(2,14-22(28)27-13-7-12-21(27)23(29)30)26-24(31)32-15-20-18-10-5-3-8-16(18)17-9-4-6-11-19(17)20/h3-6,8-11,20-21H,7,12-15H2,1-2H3,(H,26,31)(H,29,30). The number of alkyl carbamates (subject to hydrolysis) is 1. The molecule has 0 spiro atoms. The normalized spacial score (nSPS) is 17.6. The highest BCUT2D eigenvalue weighted by atomic mass is 16.5. The molecule has 1 saturated heterocycles. The Morgan fingerprint density at radius 3 is 2.25 bits per heavy atom. The molecular formula is C25H28N2O5. The summed E-state index contributed by atoms with van der Waals surface area (Å²) in [6.45, 7) is 4.09. The zero-order valence-electron chi connectivity index (χ0n) is 18.3. The molecule has 2 N–H and O–H groups in total. The first-order chi connectivity index (χ1) is 15.3. The Hall–Kier alpha value is -3.35. The lowest BCUT2D eigenvalue weighted by Crippen LogP contribution is -2.49. The van der Waals surface area contributed by atoms with E-state index < -0.39 is 23.6 Å². The Kier molecular flexibility index (Phi) is 5.91. The quantitative estimate of drug-likeness (QED) is 0.719. The molecule has 0 aromatic heterocycles. The van der Waals surface area contributed by atoms with Gasteiger partial charge in [-0.2, -0.15) is 0 Å². The first-order valence-corrected chi connectivity index (χ1v) is 10.9. The number of amides is 2. The molecule has 1 aliphatic heterocycles. The molecule has 0 radical (unpaired) electrons. The van der Waals surface area contributed by atoms with Crippen LogP contribution in [0.4, 0.5) is 4.79 Å². The van der Waals surface area contributed by atoms with E-state index in [1.807, 2.05) is 24.3 Å². The van der Waals surface area contributed by atoms with Gasteiger partial charge in [-0.3, -0.25) is 4.79 Å². The van der Waals surface area contributed by atoms with Gasteiger partial charge in [0.25, 0.3) is 0 Å². The lowest BCUT2D eigenvalue weighted by atomic mass is 9.98. The van der Waals surface area contributed by atoms with Crippen molar-refractivity contribution in [2.45, 2.75) is 50.6 Å². The molecule has 7 heteroatoms. The molecule has 1 heterocycles. The van der Waals surface area contributed by atoms with Crippen molar-refractivity contribution in [1.29, 1.82) is 0 Å². The minimum Gasteiger partial charge on any atom is -0.480 e. The molecule has 2 aromatic carbocycles. The van der Waals surface area contributed by atoms with Crippen LogP contribution in [0.15, 0.2) is 48.5 Å². The largest absolute Gasteiger partial charge is 0.480 e. The maximum atomic E-state index is 12.7. The summed E-state index contributed by atoms with van der Waals surface area (Å²) in [4.78, 5) is 38.0. The van der Waals surface area contributed by atoms with Crippen LogP contribution in [0.25, 0.3) is 11.1 Å². The second kappa shape index (κ2) is 8.65. The number of nitrogens with one attached hydrogen (secondary N) is 1. The van der Waals surface area contributed by atoms with Gasteiger partial charge in [-0.1, -0.05) is 48.5 Å². The van der Waals surface area contributed by atoms with E-state index in [9.17, 15) is 19.5 Å². The van der Waals surface area contributed by atoms with E-state index >= 15 is 0 Å². The molecule has 1 unspecified atom stereocenters. The maximum absolute atomic E-state index is 12.7. The van der Waals surface area contributed by atoms with E-state index in [2.05, 4.69) is 29.6 Å². The van der Waals surface area contributed by atoms with Gasteiger partial charge in [0.2, 0.25) is 5.91 Å². The van der Waals surface area contributed by atoms with E-state index in [-0.39, 0.29) is 24.9 Å². The van der Waals surface area contributed by atoms with Crippen molar-refractivity contribution in [3.63, 3.8) is 0 Å². The molecule has 4 rings (SSSR count). The van der Waals surface area contributed by atoms with Crippen LogP contribution in [-0.4, -0.2) is 52.7 Å².